The maximum atomic E-state index is 11.8. The van der Waals surface area contributed by atoms with Crippen molar-refractivity contribution >= 4 is 26.8 Å². The molecule has 0 amide bonds. The lowest BCUT2D eigenvalue weighted by atomic mass is 10.2. The Morgan fingerprint density at radius 2 is 2.27 bits per heavy atom. The number of ether oxygens (including phenoxy) is 1. The number of pyridine rings is 1. The van der Waals surface area contributed by atoms with Gasteiger partial charge in [-0.1, -0.05) is 6.07 Å². The van der Waals surface area contributed by atoms with Gasteiger partial charge in [0.15, 0.2) is 0 Å². The molecule has 0 aliphatic rings. The summed E-state index contributed by atoms with van der Waals surface area (Å²) in [5.74, 6) is 0.708. The summed E-state index contributed by atoms with van der Waals surface area (Å²) in [6.45, 7) is 2.49. The third-order valence-corrected chi connectivity index (χ3v) is 2.72. The number of aromatic amines is 1. The molecule has 78 valence electrons. The number of aromatic nitrogens is 1. The number of fused-ring (bicyclic) bond motifs is 1. The smallest absolute Gasteiger partial charge is 0.203 e. The van der Waals surface area contributed by atoms with E-state index < -0.39 is 0 Å². The van der Waals surface area contributed by atoms with Crippen molar-refractivity contribution in [1.29, 1.82) is 0 Å². The lowest BCUT2D eigenvalue weighted by Gasteiger charge is -2.06. The Morgan fingerprint density at radius 3 is 3.00 bits per heavy atom. The minimum absolute atomic E-state index is 0.0229. The van der Waals surface area contributed by atoms with Crippen molar-refractivity contribution in [3.8, 4) is 5.75 Å². The molecule has 1 N–H and O–H groups in total. The van der Waals surface area contributed by atoms with Crippen LogP contribution in [0.5, 0.6) is 5.75 Å². The molecule has 0 saturated carbocycles. The Kier molecular flexibility index (Phi) is 2.77. The van der Waals surface area contributed by atoms with E-state index in [0.717, 1.165) is 5.52 Å². The fourth-order valence-electron chi connectivity index (χ4n) is 1.47. The highest BCUT2D eigenvalue weighted by atomic mass is 79.9. The largest absolute Gasteiger partial charge is 0.492 e. The summed E-state index contributed by atoms with van der Waals surface area (Å²) in [7, 11) is 0. The summed E-state index contributed by atoms with van der Waals surface area (Å²) >= 11 is 3.20. The number of halogens is 1. The zero-order valence-electron chi connectivity index (χ0n) is 8.21. The van der Waals surface area contributed by atoms with Crippen LogP contribution >= 0.6 is 15.9 Å². The van der Waals surface area contributed by atoms with Gasteiger partial charge in [0.1, 0.15) is 5.75 Å². The van der Waals surface area contributed by atoms with Gasteiger partial charge in [-0.05, 0) is 35.0 Å². The van der Waals surface area contributed by atoms with Gasteiger partial charge >= 0.3 is 0 Å². The van der Waals surface area contributed by atoms with Gasteiger partial charge in [0.25, 0.3) is 0 Å². The van der Waals surface area contributed by atoms with Crippen LogP contribution < -0.4 is 10.2 Å². The van der Waals surface area contributed by atoms with Crippen molar-refractivity contribution in [2.45, 2.75) is 6.92 Å². The predicted molar refractivity (Wildman–Crippen MR) is 63.4 cm³/mol. The summed E-state index contributed by atoms with van der Waals surface area (Å²) < 4.78 is 5.96. The van der Waals surface area contributed by atoms with E-state index in [-0.39, 0.29) is 5.43 Å². The Bertz CT molecular complexity index is 548. The van der Waals surface area contributed by atoms with Crippen molar-refractivity contribution < 1.29 is 4.74 Å². The van der Waals surface area contributed by atoms with Crippen molar-refractivity contribution in [3.05, 3.63) is 39.1 Å². The van der Waals surface area contributed by atoms with Gasteiger partial charge in [-0.25, -0.2) is 0 Å². The van der Waals surface area contributed by atoms with Gasteiger partial charge in [-0.2, -0.15) is 0 Å². The molecule has 1 aromatic carbocycles. The summed E-state index contributed by atoms with van der Waals surface area (Å²) in [4.78, 5) is 14.8. The number of nitrogens with one attached hydrogen (secondary N) is 1. The van der Waals surface area contributed by atoms with Gasteiger partial charge in [0.05, 0.1) is 22.0 Å². The number of rotatable bonds is 2. The molecule has 4 heteroatoms. The van der Waals surface area contributed by atoms with E-state index in [0.29, 0.717) is 22.2 Å². The second-order valence-electron chi connectivity index (χ2n) is 3.08. The normalized spacial score (nSPS) is 10.5. The molecule has 2 rings (SSSR count). The molecule has 0 radical (unpaired) electrons. The molecule has 0 spiro atoms. The van der Waals surface area contributed by atoms with E-state index in [2.05, 4.69) is 20.9 Å². The van der Waals surface area contributed by atoms with E-state index in [1.54, 1.807) is 12.3 Å². The molecule has 0 unspecified atom stereocenters. The second kappa shape index (κ2) is 4.06. The molecule has 0 fully saturated rings. The highest BCUT2D eigenvalue weighted by Crippen LogP contribution is 2.22. The van der Waals surface area contributed by atoms with Crippen LogP contribution in [0.25, 0.3) is 10.9 Å². The van der Waals surface area contributed by atoms with E-state index >= 15 is 0 Å². The molecule has 1 heterocycles. The summed E-state index contributed by atoms with van der Waals surface area (Å²) in [6.07, 6.45) is 1.63. The maximum Gasteiger partial charge on any atom is 0.203 e. The molecule has 0 bridgehead atoms. The molecule has 3 nitrogen and oxygen atoms in total. The lowest BCUT2D eigenvalue weighted by Crippen LogP contribution is -2.04. The first-order valence-electron chi connectivity index (χ1n) is 4.66. The van der Waals surface area contributed by atoms with Gasteiger partial charge in [0, 0.05) is 6.20 Å². The first-order chi connectivity index (χ1) is 7.24. The van der Waals surface area contributed by atoms with Crippen LogP contribution in [0.1, 0.15) is 6.92 Å². The molecule has 0 saturated heterocycles. The van der Waals surface area contributed by atoms with Crippen molar-refractivity contribution in [3.63, 3.8) is 0 Å². The fraction of sp³-hybridized carbons (Fsp3) is 0.182. The summed E-state index contributed by atoms with van der Waals surface area (Å²) in [5.41, 5.74) is 0.720. The van der Waals surface area contributed by atoms with Crippen molar-refractivity contribution in [1.82, 2.24) is 4.98 Å². The molecular formula is C11H10BrNO2. The van der Waals surface area contributed by atoms with E-state index in [1.807, 2.05) is 19.1 Å². The number of para-hydroxylation sites is 1. The van der Waals surface area contributed by atoms with Crippen molar-refractivity contribution in [2.24, 2.45) is 0 Å². The topological polar surface area (TPSA) is 42.1 Å². The highest BCUT2D eigenvalue weighted by molar-refractivity contribution is 9.10. The first kappa shape index (κ1) is 10.2. The number of hydrogen-bond acceptors (Lipinski definition) is 2. The fourth-order valence-corrected chi connectivity index (χ4v) is 1.80. The Hall–Kier alpha value is -1.29. The monoisotopic (exact) mass is 267 g/mol. The first-order valence-corrected chi connectivity index (χ1v) is 5.46. The van der Waals surface area contributed by atoms with Crippen LogP contribution in [-0.2, 0) is 0 Å². The molecule has 1 aromatic heterocycles. The zero-order chi connectivity index (χ0) is 10.8. The molecule has 0 aliphatic heterocycles. The molecule has 0 atom stereocenters. The zero-order valence-corrected chi connectivity index (χ0v) is 9.80. The van der Waals surface area contributed by atoms with Crippen LogP contribution in [0.4, 0.5) is 0 Å². The average Bonchev–Trinajstić information content (AvgIpc) is 2.25. The number of benzene rings is 1. The quantitative estimate of drug-likeness (QED) is 0.909. The van der Waals surface area contributed by atoms with E-state index in [4.69, 9.17) is 4.74 Å². The van der Waals surface area contributed by atoms with Gasteiger partial charge in [0.2, 0.25) is 5.43 Å². The van der Waals surface area contributed by atoms with Crippen molar-refractivity contribution in [2.75, 3.05) is 6.61 Å². The molecule has 0 aliphatic carbocycles. The minimum Gasteiger partial charge on any atom is -0.492 e. The lowest BCUT2D eigenvalue weighted by molar-refractivity contribution is 0.343. The van der Waals surface area contributed by atoms with E-state index in [9.17, 15) is 4.79 Å². The van der Waals surface area contributed by atoms with Crippen LogP contribution in [-0.4, -0.2) is 11.6 Å². The number of H-pyrrole nitrogens is 1. The minimum atomic E-state index is -0.0229. The average molecular weight is 268 g/mol. The van der Waals surface area contributed by atoms with Gasteiger partial charge in [-0.15, -0.1) is 0 Å². The van der Waals surface area contributed by atoms with Crippen LogP contribution in [0, 0.1) is 0 Å². The van der Waals surface area contributed by atoms with Crippen LogP contribution in [0.2, 0.25) is 0 Å². The Morgan fingerprint density at radius 1 is 1.47 bits per heavy atom. The molecular weight excluding hydrogens is 258 g/mol. The highest BCUT2D eigenvalue weighted by Gasteiger charge is 2.06. The third kappa shape index (κ3) is 1.77. The summed E-state index contributed by atoms with van der Waals surface area (Å²) in [5, 5.41) is 0.635. The Labute approximate surface area is 95.2 Å². The molecule has 2 aromatic rings. The van der Waals surface area contributed by atoms with Crippen LogP contribution in [0.15, 0.2) is 33.7 Å². The third-order valence-electron chi connectivity index (χ3n) is 2.13. The van der Waals surface area contributed by atoms with Crippen LogP contribution in [0.3, 0.4) is 0 Å². The SMILES string of the molecule is CCOc1cccc2c(=O)c(Br)c[nH]c12. The second-order valence-corrected chi connectivity index (χ2v) is 3.93. The van der Waals surface area contributed by atoms with Gasteiger partial charge in [-0.3, -0.25) is 4.79 Å². The predicted octanol–water partition coefficient (Wildman–Crippen LogP) is 2.69. The molecule has 15 heavy (non-hydrogen) atoms. The Balaban J connectivity index is 2.77. The van der Waals surface area contributed by atoms with Gasteiger partial charge < -0.3 is 9.72 Å². The number of hydrogen-bond donors (Lipinski definition) is 1. The summed E-state index contributed by atoms with van der Waals surface area (Å²) in [6, 6.07) is 5.44. The standard InChI is InChI=1S/C11H10BrNO2/c1-2-15-9-5-3-4-7-10(9)13-6-8(12)11(7)14/h3-6H,2H2,1H3,(H,13,14). The van der Waals surface area contributed by atoms with E-state index in [1.165, 1.54) is 0 Å². The maximum absolute atomic E-state index is 11.8.